The van der Waals surface area contributed by atoms with Crippen molar-refractivity contribution in [3.63, 3.8) is 0 Å². The molecule has 4 nitrogen and oxygen atoms in total. The van der Waals surface area contributed by atoms with Crippen molar-refractivity contribution in [2.45, 2.75) is 6.92 Å². The molecule has 0 atom stereocenters. The molecule has 66 valence electrons. The molecule has 0 fully saturated rings. The first-order valence-corrected chi connectivity index (χ1v) is 3.92. The van der Waals surface area contributed by atoms with E-state index in [-0.39, 0.29) is 5.78 Å². The zero-order valence-corrected chi connectivity index (χ0v) is 7.19. The minimum atomic E-state index is 0.0231. The Morgan fingerprint density at radius 2 is 2.31 bits per heavy atom. The number of fused-ring (bicyclic) bond motifs is 1. The number of pyridine rings is 1. The number of anilines is 1. The lowest BCUT2D eigenvalue weighted by molar-refractivity contribution is 0.101. The van der Waals surface area contributed by atoms with E-state index in [1.165, 1.54) is 6.92 Å². The van der Waals surface area contributed by atoms with E-state index in [1.807, 2.05) is 0 Å². The number of ketones is 1. The molecule has 0 radical (unpaired) electrons. The summed E-state index contributed by atoms with van der Waals surface area (Å²) in [5.74, 6) is 0.563. The van der Waals surface area contributed by atoms with Gasteiger partial charge in [-0.1, -0.05) is 0 Å². The highest BCUT2D eigenvalue weighted by atomic mass is 16.1. The lowest BCUT2D eigenvalue weighted by Crippen LogP contribution is -1.98. The minimum Gasteiger partial charge on any atom is -0.383 e. The van der Waals surface area contributed by atoms with E-state index >= 15 is 0 Å². The molecule has 0 aliphatic rings. The van der Waals surface area contributed by atoms with Crippen LogP contribution in [0.1, 0.15) is 17.3 Å². The van der Waals surface area contributed by atoms with E-state index < -0.39 is 0 Å². The fraction of sp³-hybridized carbons (Fsp3) is 0.111. The first-order chi connectivity index (χ1) is 6.18. The molecule has 2 aromatic rings. The number of carbonyl (C=O) groups is 1. The molecule has 0 bridgehead atoms. The summed E-state index contributed by atoms with van der Waals surface area (Å²) >= 11 is 0. The van der Waals surface area contributed by atoms with Gasteiger partial charge >= 0.3 is 0 Å². The second-order valence-corrected chi connectivity index (χ2v) is 2.89. The number of aromatic nitrogens is 2. The minimum absolute atomic E-state index is 0.0231. The topological polar surface area (TPSA) is 60.4 Å². The van der Waals surface area contributed by atoms with Crippen LogP contribution in [-0.2, 0) is 0 Å². The third-order valence-electron chi connectivity index (χ3n) is 1.94. The van der Waals surface area contributed by atoms with Gasteiger partial charge < -0.3 is 5.73 Å². The van der Waals surface area contributed by atoms with Crippen LogP contribution >= 0.6 is 0 Å². The van der Waals surface area contributed by atoms with Gasteiger partial charge in [-0.3, -0.25) is 9.20 Å². The zero-order valence-electron chi connectivity index (χ0n) is 7.19. The second-order valence-electron chi connectivity index (χ2n) is 2.89. The van der Waals surface area contributed by atoms with Gasteiger partial charge in [0, 0.05) is 11.8 Å². The van der Waals surface area contributed by atoms with E-state index in [0.717, 1.165) is 5.65 Å². The second kappa shape index (κ2) is 2.58. The molecular weight excluding hydrogens is 166 g/mol. The van der Waals surface area contributed by atoms with Crippen molar-refractivity contribution in [1.29, 1.82) is 0 Å². The van der Waals surface area contributed by atoms with E-state index in [1.54, 1.807) is 28.9 Å². The quantitative estimate of drug-likeness (QED) is 0.660. The smallest absolute Gasteiger partial charge is 0.161 e. The Morgan fingerprint density at radius 1 is 1.54 bits per heavy atom. The number of hydrogen-bond donors (Lipinski definition) is 1. The van der Waals surface area contributed by atoms with Crippen LogP contribution < -0.4 is 5.73 Å². The van der Waals surface area contributed by atoms with Crippen molar-refractivity contribution in [1.82, 2.24) is 9.38 Å². The summed E-state index contributed by atoms with van der Waals surface area (Å²) in [4.78, 5) is 15.1. The summed E-state index contributed by atoms with van der Waals surface area (Å²) in [6, 6.07) is 3.51. The van der Waals surface area contributed by atoms with Crippen LogP contribution in [-0.4, -0.2) is 15.2 Å². The van der Waals surface area contributed by atoms with Crippen molar-refractivity contribution in [3.8, 4) is 0 Å². The Hall–Kier alpha value is -1.84. The number of nitrogen functional groups attached to an aromatic ring is 1. The fourth-order valence-corrected chi connectivity index (χ4v) is 1.21. The summed E-state index contributed by atoms with van der Waals surface area (Å²) in [6.07, 6.45) is 3.26. The predicted octanol–water partition coefficient (Wildman–Crippen LogP) is 1.12. The zero-order chi connectivity index (χ0) is 9.42. The number of nitrogens with zero attached hydrogens (tertiary/aromatic N) is 2. The maximum absolute atomic E-state index is 11.0. The summed E-state index contributed by atoms with van der Waals surface area (Å²) in [5, 5.41) is 0. The number of nitrogens with two attached hydrogens (primary N) is 1. The lowest BCUT2D eigenvalue weighted by atomic mass is 10.2. The van der Waals surface area contributed by atoms with Crippen molar-refractivity contribution in [2.24, 2.45) is 0 Å². The molecule has 0 spiro atoms. The van der Waals surface area contributed by atoms with Gasteiger partial charge in [0.25, 0.3) is 0 Å². The Morgan fingerprint density at radius 3 is 3.00 bits per heavy atom. The Balaban J connectivity index is 2.72. The monoisotopic (exact) mass is 175 g/mol. The first kappa shape index (κ1) is 7.79. The molecule has 4 heteroatoms. The Kier molecular flexibility index (Phi) is 1.55. The molecule has 0 aromatic carbocycles. The third kappa shape index (κ3) is 1.16. The van der Waals surface area contributed by atoms with Gasteiger partial charge in [0.1, 0.15) is 11.5 Å². The number of rotatable bonds is 1. The van der Waals surface area contributed by atoms with Crippen molar-refractivity contribution < 1.29 is 4.79 Å². The highest BCUT2D eigenvalue weighted by Gasteiger charge is 2.03. The van der Waals surface area contributed by atoms with Gasteiger partial charge in [0.05, 0.1) is 6.20 Å². The van der Waals surface area contributed by atoms with Crippen LogP contribution in [0.5, 0.6) is 0 Å². The summed E-state index contributed by atoms with van der Waals surface area (Å²) in [5.41, 5.74) is 7.02. The maximum Gasteiger partial charge on any atom is 0.161 e. The summed E-state index contributed by atoms with van der Waals surface area (Å²) < 4.78 is 1.69. The van der Waals surface area contributed by atoms with Gasteiger partial charge in [0.2, 0.25) is 0 Å². The van der Waals surface area contributed by atoms with Gasteiger partial charge in [-0.25, -0.2) is 4.98 Å². The molecule has 2 aromatic heterocycles. The van der Waals surface area contributed by atoms with Crippen molar-refractivity contribution in [3.05, 3.63) is 30.1 Å². The predicted molar refractivity (Wildman–Crippen MR) is 49.6 cm³/mol. The standard InChI is InChI=1S/C9H9N3O/c1-6(13)7-2-3-9-11-4-8(10)12(9)5-7/h2-5H,10H2,1H3. The number of hydrogen-bond acceptors (Lipinski definition) is 3. The number of Topliss-reactive ketones (excluding diaryl/α,β-unsaturated/α-hetero) is 1. The molecule has 13 heavy (non-hydrogen) atoms. The van der Waals surface area contributed by atoms with Crippen molar-refractivity contribution >= 4 is 17.2 Å². The fourth-order valence-electron chi connectivity index (χ4n) is 1.21. The van der Waals surface area contributed by atoms with E-state index in [9.17, 15) is 4.79 Å². The van der Waals surface area contributed by atoms with Gasteiger partial charge in [-0.15, -0.1) is 0 Å². The molecule has 0 unspecified atom stereocenters. The summed E-state index contributed by atoms with van der Waals surface area (Å²) in [6.45, 7) is 1.52. The number of carbonyl (C=O) groups excluding carboxylic acids is 1. The highest BCUT2D eigenvalue weighted by molar-refractivity contribution is 5.94. The molecule has 2 rings (SSSR count). The summed E-state index contributed by atoms with van der Waals surface area (Å²) in [7, 11) is 0. The molecular formula is C9H9N3O. The number of imidazole rings is 1. The van der Waals surface area contributed by atoms with Gasteiger partial charge in [-0.2, -0.15) is 0 Å². The molecule has 0 aliphatic carbocycles. The SMILES string of the molecule is CC(=O)c1ccc2ncc(N)n2c1. The van der Waals surface area contributed by atoms with Crippen LogP contribution in [0.3, 0.4) is 0 Å². The van der Waals surface area contributed by atoms with E-state index in [2.05, 4.69) is 4.98 Å². The van der Waals surface area contributed by atoms with Crippen LogP contribution in [0, 0.1) is 0 Å². The molecule has 0 saturated heterocycles. The average molecular weight is 175 g/mol. The van der Waals surface area contributed by atoms with E-state index in [0.29, 0.717) is 11.4 Å². The highest BCUT2D eigenvalue weighted by Crippen LogP contribution is 2.10. The lowest BCUT2D eigenvalue weighted by Gasteiger charge is -1.98. The Labute approximate surface area is 75.0 Å². The van der Waals surface area contributed by atoms with Gasteiger partial charge in [0.15, 0.2) is 5.78 Å². The maximum atomic E-state index is 11.0. The molecule has 0 aliphatic heterocycles. The largest absolute Gasteiger partial charge is 0.383 e. The van der Waals surface area contributed by atoms with Crippen molar-refractivity contribution in [2.75, 3.05) is 5.73 Å². The van der Waals surface area contributed by atoms with E-state index in [4.69, 9.17) is 5.73 Å². The molecule has 0 amide bonds. The molecule has 0 saturated carbocycles. The van der Waals surface area contributed by atoms with Crippen LogP contribution in [0.2, 0.25) is 0 Å². The van der Waals surface area contributed by atoms with Gasteiger partial charge in [-0.05, 0) is 19.1 Å². The Bertz CT molecular complexity index is 473. The van der Waals surface area contributed by atoms with Crippen LogP contribution in [0.15, 0.2) is 24.5 Å². The third-order valence-corrected chi connectivity index (χ3v) is 1.94. The first-order valence-electron chi connectivity index (χ1n) is 3.92. The molecule has 2 N–H and O–H groups in total. The van der Waals surface area contributed by atoms with Crippen LogP contribution in [0.25, 0.3) is 5.65 Å². The molecule has 2 heterocycles. The average Bonchev–Trinajstić information content (AvgIpc) is 2.47. The van der Waals surface area contributed by atoms with Crippen LogP contribution in [0.4, 0.5) is 5.82 Å². The normalized spacial score (nSPS) is 10.5.